The molecule has 0 aliphatic heterocycles. The third-order valence-electron chi connectivity index (χ3n) is 2.88. The largest absolute Gasteiger partial charge is 0.467 e. The van der Waals surface area contributed by atoms with Gasteiger partial charge in [-0.25, -0.2) is 4.98 Å². The predicted octanol–water partition coefficient (Wildman–Crippen LogP) is 3.34. The number of hydrogen-bond donors (Lipinski definition) is 1. The van der Waals surface area contributed by atoms with Gasteiger partial charge in [0.15, 0.2) is 6.61 Å². The number of carbonyl (C=O) groups is 1. The average molecular weight is 335 g/mol. The van der Waals surface area contributed by atoms with Crippen molar-refractivity contribution < 1.29 is 22.7 Å². The number of amides is 1. The van der Waals surface area contributed by atoms with Crippen LogP contribution in [0.15, 0.2) is 42.6 Å². The molecule has 5 nitrogen and oxygen atoms in total. The third kappa shape index (κ3) is 4.98. The molecule has 0 radical (unpaired) electrons. The summed E-state index contributed by atoms with van der Waals surface area (Å²) in [6.45, 7) is -1.53. The first kappa shape index (κ1) is 17.3. The van der Waals surface area contributed by atoms with E-state index in [1.165, 1.54) is 18.3 Å². The van der Waals surface area contributed by atoms with Crippen LogP contribution in [0.1, 0.15) is 15.9 Å². The summed E-state index contributed by atoms with van der Waals surface area (Å²) in [5.41, 5.74) is 1.11. The van der Waals surface area contributed by atoms with Crippen LogP contribution in [0.25, 0.3) is 0 Å². The van der Waals surface area contributed by atoms with Crippen LogP contribution in [0.2, 0.25) is 0 Å². The lowest BCUT2D eigenvalue weighted by atomic mass is 10.1. The van der Waals surface area contributed by atoms with E-state index in [1.54, 1.807) is 24.3 Å². The fourth-order valence-corrected chi connectivity index (χ4v) is 1.82. The molecule has 0 unspecified atom stereocenters. The summed E-state index contributed by atoms with van der Waals surface area (Å²) < 4.78 is 41.3. The van der Waals surface area contributed by atoms with Gasteiger partial charge in [0.2, 0.25) is 5.88 Å². The first-order valence-electron chi connectivity index (χ1n) is 6.81. The molecular weight excluding hydrogens is 323 g/mol. The van der Waals surface area contributed by atoms with E-state index in [2.05, 4.69) is 15.0 Å². The van der Waals surface area contributed by atoms with Crippen LogP contribution in [0.4, 0.5) is 18.9 Å². The lowest BCUT2D eigenvalue weighted by Gasteiger charge is -2.12. The van der Waals surface area contributed by atoms with E-state index >= 15 is 0 Å². The molecule has 0 saturated heterocycles. The number of nitriles is 1. The molecule has 0 fully saturated rings. The summed E-state index contributed by atoms with van der Waals surface area (Å²) in [5.74, 6) is -1.04. The second kappa shape index (κ2) is 7.46. The van der Waals surface area contributed by atoms with Crippen molar-refractivity contribution in [2.45, 2.75) is 12.6 Å². The Morgan fingerprint density at radius 1 is 1.25 bits per heavy atom. The van der Waals surface area contributed by atoms with Crippen LogP contribution in [-0.4, -0.2) is 23.7 Å². The second-order valence-corrected chi connectivity index (χ2v) is 4.75. The summed E-state index contributed by atoms with van der Waals surface area (Å²) >= 11 is 0. The monoisotopic (exact) mass is 335 g/mol. The number of rotatable bonds is 5. The Morgan fingerprint density at radius 3 is 2.58 bits per heavy atom. The summed E-state index contributed by atoms with van der Waals surface area (Å²) in [6, 6.07) is 11.3. The van der Waals surface area contributed by atoms with Crippen molar-refractivity contribution in [3.63, 3.8) is 0 Å². The molecule has 1 amide bonds. The van der Waals surface area contributed by atoms with Crippen molar-refractivity contribution in [3.8, 4) is 11.9 Å². The van der Waals surface area contributed by atoms with E-state index in [0.29, 0.717) is 5.69 Å². The maximum atomic E-state index is 12.2. The quantitative estimate of drug-likeness (QED) is 0.909. The van der Waals surface area contributed by atoms with Crippen molar-refractivity contribution in [1.82, 2.24) is 4.98 Å². The molecule has 1 N–H and O–H groups in total. The Labute approximate surface area is 135 Å². The van der Waals surface area contributed by atoms with Crippen LogP contribution in [0.3, 0.4) is 0 Å². The molecule has 2 aromatic rings. The summed E-state index contributed by atoms with van der Waals surface area (Å²) in [7, 11) is 0. The zero-order valence-corrected chi connectivity index (χ0v) is 12.3. The van der Waals surface area contributed by atoms with Gasteiger partial charge in [0.05, 0.1) is 12.5 Å². The van der Waals surface area contributed by atoms with Gasteiger partial charge >= 0.3 is 6.18 Å². The van der Waals surface area contributed by atoms with Crippen LogP contribution < -0.4 is 10.1 Å². The minimum absolute atomic E-state index is 0.108. The van der Waals surface area contributed by atoms with Gasteiger partial charge in [-0.2, -0.15) is 18.4 Å². The predicted molar refractivity (Wildman–Crippen MR) is 79.5 cm³/mol. The normalized spacial score (nSPS) is 10.8. The Bertz CT molecular complexity index is 752. The van der Waals surface area contributed by atoms with Crippen molar-refractivity contribution in [1.29, 1.82) is 5.26 Å². The highest BCUT2D eigenvalue weighted by Crippen LogP contribution is 2.21. The lowest BCUT2D eigenvalue weighted by Crippen LogP contribution is -2.22. The highest BCUT2D eigenvalue weighted by molar-refractivity contribution is 6.05. The Kier molecular flexibility index (Phi) is 5.37. The SMILES string of the molecule is N#CCc1ccc(NC(=O)c2cccnc2OCC(F)(F)F)cc1. The van der Waals surface area contributed by atoms with Gasteiger partial charge in [0.25, 0.3) is 5.91 Å². The van der Waals surface area contributed by atoms with E-state index in [4.69, 9.17) is 5.26 Å². The van der Waals surface area contributed by atoms with Crippen molar-refractivity contribution in [2.24, 2.45) is 0 Å². The molecule has 0 bridgehead atoms. The van der Waals surface area contributed by atoms with Crippen LogP contribution in [0.5, 0.6) is 5.88 Å². The van der Waals surface area contributed by atoms with Gasteiger partial charge in [-0.05, 0) is 29.8 Å². The van der Waals surface area contributed by atoms with E-state index in [1.807, 2.05) is 6.07 Å². The van der Waals surface area contributed by atoms with Gasteiger partial charge in [0.1, 0.15) is 5.56 Å². The zero-order valence-electron chi connectivity index (χ0n) is 12.3. The number of halogens is 3. The van der Waals surface area contributed by atoms with E-state index < -0.39 is 24.6 Å². The minimum atomic E-state index is -4.53. The standard InChI is InChI=1S/C16H12F3N3O2/c17-16(18,19)10-24-15-13(2-1-9-21-15)14(23)22-12-5-3-11(4-6-12)7-8-20/h1-6,9H,7,10H2,(H,22,23). The number of nitrogens with zero attached hydrogens (tertiary/aromatic N) is 2. The number of pyridine rings is 1. The van der Waals surface area contributed by atoms with E-state index in [-0.39, 0.29) is 12.0 Å². The zero-order chi connectivity index (χ0) is 17.6. The Morgan fingerprint density at radius 2 is 1.96 bits per heavy atom. The maximum absolute atomic E-state index is 12.2. The lowest BCUT2D eigenvalue weighted by molar-refractivity contribution is -0.154. The van der Waals surface area contributed by atoms with Crippen LogP contribution in [-0.2, 0) is 6.42 Å². The molecule has 0 aliphatic rings. The third-order valence-corrected chi connectivity index (χ3v) is 2.88. The highest BCUT2D eigenvalue weighted by atomic mass is 19.4. The fraction of sp³-hybridized carbons (Fsp3) is 0.188. The van der Waals surface area contributed by atoms with Gasteiger partial charge in [-0.3, -0.25) is 4.79 Å². The minimum Gasteiger partial charge on any atom is -0.467 e. The number of nitrogens with one attached hydrogen (secondary N) is 1. The first-order valence-corrected chi connectivity index (χ1v) is 6.81. The van der Waals surface area contributed by atoms with Crippen molar-refractivity contribution >= 4 is 11.6 Å². The first-order chi connectivity index (χ1) is 11.4. The average Bonchev–Trinajstić information content (AvgIpc) is 2.54. The topological polar surface area (TPSA) is 75.0 Å². The smallest absolute Gasteiger partial charge is 0.422 e. The number of hydrogen-bond acceptors (Lipinski definition) is 4. The number of aromatic nitrogens is 1. The molecule has 2 rings (SSSR count). The maximum Gasteiger partial charge on any atom is 0.422 e. The molecule has 0 atom stereocenters. The van der Waals surface area contributed by atoms with E-state index in [9.17, 15) is 18.0 Å². The number of anilines is 1. The van der Waals surface area contributed by atoms with Gasteiger partial charge in [-0.15, -0.1) is 0 Å². The second-order valence-electron chi connectivity index (χ2n) is 4.75. The number of carbonyl (C=O) groups excluding carboxylic acids is 1. The number of alkyl halides is 3. The molecule has 0 saturated carbocycles. The molecule has 1 aromatic carbocycles. The number of benzene rings is 1. The van der Waals surface area contributed by atoms with Gasteiger partial charge < -0.3 is 10.1 Å². The van der Waals surface area contributed by atoms with Crippen molar-refractivity contribution in [2.75, 3.05) is 11.9 Å². The molecule has 8 heteroatoms. The summed E-state index contributed by atoms with van der Waals surface area (Å²) in [4.78, 5) is 15.9. The molecule has 1 aromatic heterocycles. The highest BCUT2D eigenvalue weighted by Gasteiger charge is 2.29. The van der Waals surface area contributed by atoms with Crippen LogP contribution >= 0.6 is 0 Å². The fourth-order valence-electron chi connectivity index (χ4n) is 1.82. The molecule has 1 heterocycles. The summed E-state index contributed by atoms with van der Waals surface area (Å²) in [6.07, 6.45) is -3.05. The summed E-state index contributed by atoms with van der Waals surface area (Å²) in [5, 5.41) is 11.1. The Hall–Kier alpha value is -3.08. The van der Waals surface area contributed by atoms with Gasteiger partial charge in [0, 0.05) is 11.9 Å². The Balaban J connectivity index is 2.10. The van der Waals surface area contributed by atoms with Crippen molar-refractivity contribution in [3.05, 3.63) is 53.7 Å². The molecule has 0 aliphatic carbocycles. The molecule has 0 spiro atoms. The molecule has 24 heavy (non-hydrogen) atoms. The molecular formula is C16H12F3N3O2. The number of ether oxygens (including phenoxy) is 1. The van der Waals surface area contributed by atoms with E-state index in [0.717, 1.165) is 5.56 Å². The van der Waals surface area contributed by atoms with Gasteiger partial charge in [-0.1, -0.05) is 12.1 Å². The van der Waals surface area contributed by atoms with Crippen LogP contribution in [0, 0.1) is 11.3 Å². The molecule has 124 valence electrons.